The second-order valence-corrected chi connectivity index (χ2v) is 5.57. The minimum atomic E-state index is 0.140. The molecule has 2 atom stereocenters. The Morgan fingerprint density at radius 2 is 2.28 bits per heavy atom. The molecule has 3 nitrogen and oxygen atoms in total. The van der Waals surface area contributed by atoms with Crippen LogP contribution in [0.15, 0.2) is 18.2 Å². The van der Waals surface area contributed by atoms with Crippen molar-refractivity contribution in [1.29, 1.82) is 0 Å². The molecule has 1 heterocycles. The van der Waals surface area contributed by atoms with E-state index in [1.807, 2.05) is 18.2 Å². The van der Waals surface area contributed by atoms with Crippen LogP contribution in [0, 0.1) is 5.92 Å². The Morgan fingerprint density at radius 3 is 3.06 bits per heavy atom. The minimum absolute atomic E-state index is 0.140. The lowest BCUT2D eigenvalue weighted by Crippen LogP contribution is -2.34. The Kier molecular flexibility index (Phi) is 3.27. The predicted octanol–water partition coefficient (Wildman–Crippen LogP) is 2.05. The van der Waals surface area contributed by atoms with Gasteiger partial charge in [-0.15, -0.1) is 0 Å². The number of hydrogen-bond donors (Lipinski definition) is 2. The molecule has 1 aromatic carbocycles. The molecule has 0 spiro atoms. The second-order valence-electron chi connectivity index (χ2n) is 5.13. The molecule has 18 heavy (non-hydrogen) atoms. The Balaban J connectivity index is 1.70. The number of aryl methyl sites for hydroxylation is 1. The van der Waals surface area contributed by atoms with Gasteiger partial charge in [-0.05, 0) is 49.1 Å². The Morgan fingerprint density at radius 1 is 1.39 bits per heavy atom. The second kappa shape index (κ2) is 4.90. The van der Waals surface area contributed by atoms with Gasteiger partial charge in [0, 0.05) is 11.6 Å². The van der Waals surface area contributed by atoms with E-state index >= 15 is 0 Å². The summed E-state index contributed by atoms with van der Waals surface area (Å²) in [5, 5.41) is 7.18. The highest BCUT2D eigenvalue weighted by molar-refractivity contribution is 6.30. The minimum Gasteiger partial charge on any atom is -0.349 e. The maximum Gasteiger partial charge on any atom is 0.224 e. The van der Waals surface area contributed by atoms with Crippen LogP contribution in [0.3, 0.4) is 0 Å². The molecule has 1 saturated heterocycles. The predicted molar refractivity (Wildman–Crippen MR) is 71.6 cm³/mol. The molecule has 2 unspecified atom stereocenters. The normalized spacial score (nSPS) is 26.1. The fourth-order valence-electron chi connectivity index (χ4n) is 2.90. The molecule has 0 bridgehead atoms. The summed E-state index contributed by atoms with van der Waals surface area (Å²) < 4.78 is 0. The zero-order valence-corrected chi connectivity index (χ0v) is 11.0. The molecule has 3 rings (SSSR count). The summed E-state index contributed by atoms with van der Waals surface area (Å²) in [6.07, 6.45) is 2.94. The topological polar surface area (TPSA) is 41.1 Å². The summed E-state index contributed by atoms with van der Waals surface area (Å²) in [5.74, 6) is 0.328. The van der Waals surface area contributed by atoms with E-state index in [-0.39, 0.29) is 17.9 Å². The first-order valence-electron chi connectivity index (χ1n) is 6.53. The standard InChI is InChI=1S/C14H17ClN2O/c15-11-2-3-12-9(7-11)1-4-13(12)17-14(18)10-5-6-16-8-10/h2-3,7,10,13,16H,1,4-6,8H2,(H,17,18). The molecule has 1 amide bonds. The van der Waals surface area contributed by atoms with Gasteiger partial charge < -0.3 is 10.6 Å². The maximum absolute atomic E-state index is 12.1. The van der Waals surface area contributed by atoms with Crippen molar-refractivity contribution in [2.45, 2.75) is 25.3 Å². The number of amides is 1. The molecule has 2 aliphatic rings. The molecule has 2 N–H and O–H groups in total. The van der Waals surface area contributed by atoms with Crippen molar-refractivity contribution in [2.24, 2.45) is 5.92 Å². The number of benzene rings is 1. The number of fused-ring (bicyclic) bond motifs is 1. The van der Waals surface area contributed by atoms with E-state index in [1.165, 1.54) is 11.1 Å². The van der Waals surface area contributed by atoms with Crippen LogP contribution in [0.4, 0.5) is 0 Å². The van der Waals surface area contributed by atoms with E-state index in [0.29, 0.717) is 0 Å². The van der Waals surface area contributed by atoms with Gasteiger partial charge in [0.2, 0.25) is 5.91 Å². The van der Waals surface area contributed by atoms with Crippen LogP contribution in [-0.4, -0.2) is 19.0 Å². The molecule has 0 radical (unpaired) electrons. The van der Waals surface area contributed by atoms with Gasteiger partial charge in [0.25, 0.3) is 0 Å². The number of halogens is 1. The van der Waals surface area contributed by atoms with Crippen LogP contribution >= 0.6 is 11.6 Å². The molecular weight excluding hydrogens is 248 g/mol. The maximum atomic E-state index is 12.1. The van der Waals surface area contributed by atoms with Gasteiger partial charge in [0.1, 0.15) is 0 Å². The van der Waals surface area contributed by atoms with E-state index in [4.69, 9.17) is 11.6 Å². The fraction of sp³-hybridized carbons (Fsp3) is 0.500. The lowest BCUT2D eigenvalue weighted by molar-refractivity contribution is -0.125. The first-order chi connectivity index (χ1) is 8.74. The summed E-state index contributed by atoms with van der Waals surface area (Å²) in [6.45, 7) is 1.76. The van der Waals surface area contributed by atoms with Crippen LogP contribution in [0.2, 0.25) is 5.02 Å². The van der Waals surface area contributed by atoms with Crippen LogP contribution in [0.25, 0.3) is 0 Å². The van der Waals surface area contributed by atoms with E-state index in [9.17, 15) is 4.79 Å². The molecule has 96 valence electrons. The van der Waals surface area contributed by atoms with Crippen molar-refractivity contribution in [3.63, 3.8) is 0 Å². The van der Waals surface area contributed by atoms with E-state index < -0.39 is 0 Å². The number of carbonyl (C=O) groups is 1. The van der Waals surface area contributed by atoms with Crippen molar-refractivity contribution in [2.75, 3.05) is 13.1 Å². The molecule has 0 aromatic heterocycles. The summed E-state index contributed by atoms with van der Waals surface area (Å²) in [5.41, 5.74) is 2.51. The molecule has 1 aliphatic heterocycles. The quantitative estimate of drug-likeness (QED) is 0.859. The third-order valence-corrected chi connectivity index (χ3v) is 4.17. The first kappa shape index (κ1) is 12.0. The Labute approximate surface area is 112 Å². The first-order valence-corrected chi connectivity index (χ1v) is 6.91. The van der Waals surface area contributed by atoms with E-state index in [1.54, 1.807) is 0 Å². The van der Waals surface area contributed by atoms with Crippen molar-refractivity contribution in [3.05, 3.63) is 34.3 Å². The lowest BCUT2D eigenvalue weighted by atomic mass is 10.1. The fourth-order valence-corrected chi connectivity index (χ4v) is 3.10. The van der Waals surface area contributed by atoms with Crippen molar-refractivity contribution >= 4 is 17.5 Å². The van der Waals surface area contributed by atoms with Gasteiger partial charge in [-0.25, -0.2) is 0 Å². The van der Waals surface area contributed by atoms with Gasteiger partial charge in [-0.3, -0.25) is 4.79 Å². The lowest BCUT2D eigenvalue weighted by Gasteiger charge is -2.17. The zero-order valence-electron chi connectivity index (χ0n) is 10.2. The largest absolute Gasteiger partial charge is 0.349 e. The van der Waals surface area contributed by atoms with Gasteiger partial charge in [0.15, 0.2) is 0 Å². The van der Waals surface area contributed by atoms with E-state index in [2.05, 4.69) is 10.6 Å². The SMILES string of the molecule is O=C(NC1CCc2cc(Cl)ccc21)C1CCNC1. The summed E-state index contributed by atoms with van der Waals surface area (Å²) >= 11 is 5.98. The molecular formula is C14H17ClN2O. The summed E-state index contributed by atoms with van der Waals surface area (Å²) in [4.78, 5) is 12.1. The highest BCUT2D eigenvalue weighted by Crippen LogP contribution is 2.33. The Hall–Kier alpha value is -1.06. The monoisotopic (exact) mass is 264 g/mol. The van der Waals surface area contributed by atoms with Crippen LogP contribution in [-0.2, 0) is 11.2 Å². The molecule has 1 aliphatic carbocycles. The zero-order chi connectivity index (χ0) is 12.5. The average Bonchev–Trinajstić information content (AvgIpc) is 2.98. The summed E-state index contributed by atoms with van der Waals surface area (Å²) in [7, 11) is 0. The van der Waals surface area contributed by atoms with Gasteiger partial charge >= 0.3 is 0 Å². The van der Waals surface area contributed by atoms with E-state index in [0.717, 1.165) is 37.4 Å². The summed E-state index contributed by atoms with van der Waals surface area (Å²) in [6, 6.07) is 6.13. The van der Waals surface area contributed by atoms with Gasteiger partial charge in [0.05, 0.1) is 12.0 Å². The molecule has 1 aromatic rings. The Bertz CT molecular complexity index is 469. The van der Waals surface area contributed by atoms with Gasteiger partial charge in [-0.2, -0.15) is 0 Å². The highest BCUT2D eigenvalue weighted by atomic mass is 35.5. The molecule has 4 heteroatoms. The smallest absolute Gasteiger partial charge is 0.224 e. The molecule has 1 fully saturated rings. The van der Waals surface area contributed by atoms with Crippen LogP contribution in [0.1, 0.15) is 30.0 Å². The van der Waals surface area contributed by atoms with Crippen LogP contribution < -0.4 is 10.6 Å². The van der Waals surface area contributed by atoms with Gasteiger partial charge in [-0.1, -0.05) is 17.7 Å². The third-order valence-electron chi connectivity index (χ3n) is 3.93. The van der Waals surface area contributed by atoms with Crippen molar-refractivity contribution in [1.82, 2.24) is 10.6 Å². The number of nitrogens with one attached hydrogen (secondary N) is 2. The van der Waals surface area contributed by atoms with Crippen molar-refractivity contribution < 1.29 is 4.79 Å². The average molecular weight is 265 g/mol. The third kappa shape index (κ3) is 2.25. The van der Waals surface area contributed by atoms with Crippen molar-refractivity contribution in [3.8, 4) is 0 Å². The molecule has 0 saturated carbocycles. The number of rotatable bonds is 2. The highest BCUT2D eigenvalue weighted by Gasteiger charge is 2.28. The number of carbonyl (C=O) groups excluding carboxylic acids is 1. The van der Waals surface area contributed by atoms with Crippen LogP contribution in [0.5, 0.6) is 0 Å². The number of hydrogen-bond acceptors (Lipinski definition) is 2.